The minimum absolute atomic E-state index is 0.0561. The van der Waals surface area contributed by atoms with Crippen LogP contribution in [0.4, 0.5) is 0 Å². The molecule has 4 aliphatic rings. The van der Waals surface area contributed by atoms with Gasteiger partial charge in [-0.1, -0.05) is 44.3 Å². The Bertz CT molecular complexity index is 1270. The van der Waals surface area contributed by atoms with Gasteiger partial charge in [0.1, 0.15) is 17.7 Å². The SMILES string of the molecule is C#C[C@@]1(O)CC[C@@H]2[C@@H]3CCC4=C/C(=N/OCC(=O)N[C@@H](C(=O)N[C@H](CCC(N)=O)C(=O)O)C(C)C)CC[C@]4(C)[C@@H]3CC[C@@]21C. The molecule has 0 aromatic heterocycles. The van der Waals surface area contributed by atoms with Gasteiger partial charge in [0.15, 0.2) is 6.61 Å². The maximum Gasteiger partial charge on any atom is 0.326 e. The highest BCUT2D eigenvalue weighted by molar-refractivity contribution is 5.96. The zero-order valence-corrected chi connectivity index (χ0v) is 26.4. The van der Waals surface area contributed by atoms with E-state index in [2.05, 4.69) is 41.6 Å². The zero-order valence-electron chi connectivity index (χ0n) is 26.4. The predicted molar refractivity (Wildman–Crippen MR) is 164 cm³/mol. The molecule has 3 saturated carbocycles. The monoisotopic (exact) mass is 612 g/mol. The van der Waals surface area contributed by atoms with Crippen molar-refractivity contribution in [3.63, 3.8) is 0 Å². The molecule has 0 aliphatic heterocycles. The number of hydrogen-bond acceptors (Lipinski definition) is 7. The van der Waals surface area contributed by atoms with Gasteiger partial charge in [-0.05, 0) is 93.0 Å². The first-order valence-corrected chi connectivity index (χ1v) is 15.9. The zero-order chi connectivity index (χ0) is 32.4. The van der Waals surface area contributed by atoms with Crippen molar-refractivity contribution in [2.24, 2.45) is 45.4 Å². The number of nitrogens with one attached hydrogen (secondary N) is 2. The summed E-state index contributed by atoms with van der Waals surface area (Å²) in [5.41, 5.74) is 6.07. The molecule has 0 saturated heterocycles. The molecule has 44 heavy (non-hydrogen) atoms. The summed E-state index contributed by atoms with van der Waals surface area (Å²) in [6.45, 7) is 7.61. The molecule has 242 valence electrons. The van der Waals surface area contributed by atoms with Crippen LogP contribution >= 0.6 is 0 Å². The van der Waals surface area contributed by atoms with E-state index < -0.39 is 48.0 Å². The molecule has 8 atom stereocenters. The minimum atomic E-state index is -1.31. The average molecular weight is 613 g/mol. The lowest BCUT2D eigenvalue weighted by atomic mass is 9.46. The van der Waals surface area contributed by atoms with Crippen molar-refractivity contribution >= 4 is 29.4 Å². The first-order valence-electron chi connectivity index (χ1n) is 15.9. The van der Waals surface area contributed by atoms with Gasteiger partial charge in [-0.25, -0.2) is 4.79 Å². The average Bonchev–Trinajstić information content (AvgIpc) is 3.24. The number of nitrogens with zero attached hydrogens (tertiary/aromatic N) is 1. The lowest BCUT2D eigenvalue weighted by Crippen LogP contribution is -2.54. The molecule has 0 radical (unpaired) electrons. The summed E-state index contributed by atoms with van der Waals surface area (Å²) in [4.78, 5) is 53.4. The number of carbonyl (C=O) groups excluding carboxylic acids is 3. The molecule has 6 N–H and O–H groups in total. The third-order valence-corrected chi connectivity index (χ3v) is 11.3. The second-order valence-electron chi connectivity index (χ2n) is 14.1. The number of carboxylic acids is 1. The summed E-state index contributed by atoms with van der Waals surface area (Å²) in [7, 11) is 0. The fourth-order valence-electron chi connectivity index (χ4n) is 8.63. The lowest BCUT2D eigenvalue weighted by Gasteiger charge is -2.58. The number of carbonyl (C=O) groups is 4. The summed E-state index contributed by atoms with van der Waals surface area (Å²) >= 11 is 0. The van der Waals surface area contributed by atoms with Crippen LogP contribution in [0.25, 0.3) is 0 Å². The van der Waals surface area contributed by atoms with Gasteiger partial charge in [0.2, 0.25) is 11.8 Å². The minimum Gasteiger partial charge on any atom is -0.480 e. The summed E-state index contributed by atoms with van der Waals surface area (Å²) in [5, 5.41) is 29.9. The number of aliphatic hydroxyl groups is 1. The molecule has 11 nitrogen and oxygen atoms in total. The Hall–Kier alpha value is -3.39. The van der Waals surface area contributed by atoms with Crippen molar-refractivity contribution in [1.29, 1.82) is 0 Å². The van der Waals surface area contributed by atoms with E-state index in [0.717, 1.165) is 50.7 Å². The Labute approximate surface area is 259 Å². The fourth-order valence-corrected chi connectivity index (χ4v) is 8.63. The fraction of sp³-hybridized carbons (Fsp3) is 0.727. The van der Waals surface area contributed by atoms with Crippen LogP contribution < -0.4 is 16.4 Å². The summed E-state index contributed by atoms with van der Waals surface area (Å²) in [6, 6.07) is -2.31. The van der Waals surface area contributed by atoms with Crippen LogP contribution in [0.15, 0.2) is 16.8 Å². The number of terminal acetylenes is 1. The Kier molecular flexibility index (Phi) is 9.84. The number of carboxylic acid groups (broad SMARTS) is 1. The molecule has 3 amide bonds. The predicted octanol–water partition coefficient (Wildman–Crippen LogP) is 2.66. The standard InChI is InChI=1S/C33H48N4O7/c1-6-33(43)16-13-24-22-8-7-20-17-21(11-14-31(20,4)23(22)12-15-32(24,33)5)37-44-18-27(39)36-28(19(2)3)29(40)35-25(30(41)42)9-10-26(34)38/h1,17,19,22-25,28,43H,7-16,18H2,2-5H3,(H2,34,38)(H,35,40)(H,36,39)(H,41,42)/b37-21+/t22-,23-,24-,25-,28-,31+,32+,33-/m1/s1. The number of nitrogens with two attached hydrogens (primary N) is 1. The number of amides is 3. The highest BCUT2D eigenvalue weighted by Crippen LogP contribution is 2.67. The highest BCUT2D eigenvalue weighted by atomic mass is 16.6. The van der Waals surface area contributed by atoms with Gasteiger partial charge in [-0.3, -0.25) is 14.4 Å². The molecule has 11 heteroatoms. The largest absolute Gasteiger partial charge is 0.480 e. The Balaban J connectivity index is 1.34. The van der Waals surface area contributed by atoms with Gasteiger partial charge in [-0.15, -0.1) is 6.42 Å². The number of aliphatic carboxylic acids is 1. The van der Waals surface area contributed by atoms with E-state index in [9.17, 15) is 29.4 Å². The molecular formula is C33H48N4O7. The smallest absolute Gasteiger partial charge is 0.326 e. The van der Waals surface area contributed by atoms with Gasteiger partial charge in [-0.2, -0.15) is 0 Å². The number of oxime groups is 1. The van der Waals surface area contributed by atoms with Gasteiger partial charge in [0.05, 0.1) is 5.71 Å². The Morgan fingerprint density at radius 1 is 1.11 bits per heavy atom. The molecule has 3 fully saturated rings. The second kappa shape index (κ2) is 12.9. The van der Waals surface area contributed by atoms with E-state index in [0.29, 0.717) is 24.2 Å². The van der Waals surface area contributed by atoms with E-state index >= 15 is 0 Å². The second-order valence-corrected chi connectivity index (χ2v) is 14.1. The third-order valence-electron chi connectivity index (χ3n) is 11.3. The molecule has 0 aromatic rings. The number of primary amides is 1. The van der Waals surface area contributed by atoms with E-state index in [4.69, 9.17) is 17.0 Å². The van der Waals surface area contributed by atoms with E-state index in [1.807, 2.05) is 0 Å². The molecule has 4 aliphatic carbocycles. The highest BCUT2D eigenvalue weighted by Gasteiger charge is 2.63. The van der Waals surface area contributed by atoms with Crippen molar-refractivity contribution in [2.45, 2.75) is 110 Å². The summed E-state index contributed by atoms with van der Waals surface area (Å²) in [6.07, 6.45) is 14.9. The number of rotatable bonds is 11. The normalized spacial score (nSPS) is 34.8. The molecule has 0 unspecified atom stereocenters. The van der Waals surface area contributed by atoms with E-state index in [1.54, 1.807) is 13.8 Å². The van der Waals surface area contributed by atoms with Crippen molar-refractivity contribution in [3.8, 4) is 12.3 Å². The third kappa shape index (κ3) is 6.37. The molecule has 0 heterocycles. The van der Waals surface area contributed by atoms with Crippen molar-refractivity contribution < 1.29 is 34.2 Å². The van der Waals surface area contributed by atoms with Gasteiger partial charge in [0.25, 0.3) is 5.91 Å². The molecular weight excluding hydrogens is 564 g/mol. The Morgan fingerprint density at radius 2 is 1.82 bits per heavy atom. The van der Waals surface area contributed by atoms with E-state index in [1.165, 1.54) is 5.57 Å². The molecule has 4 rings (SSSR count). The van der Waals surface area contributed by atoms with Gasteiger partial charge in [0, 0.05) is 11.8 Å². The van der Waals surface area contributed by atoms with Crippen LogP contribution in [0, 0.1) is 46.8 Å². The number of hydrogen-bond donors (Lipinski definition) is 5. The van der Waals surface area contributed by atoms with Crippen molar-refractivity contribution in [2.75, 3.05) is 6.61 Å². The van der Waals surface area contributed by atoms with Crippen LogP contribution in [0.2, 0.25) is 0 Å². The maximum atomic E-state index is 12.8. The van der Waals surface area contributed by atoms with Crippen LogP contribution in [0.3, 0.4) is 0 Å². The topological polar surface area (TPSA) is 180 Å². The van der Waals surface area contributed by atoms with Crippen LogP contribution in [0.1, 0.15) is 91.9 Å². The first kappa shape index (κ1) is 33.5. The molecule has 0 spiro atoms. The van der Waals surface area contributed by atoms with E-state index in [-0.39, 0.29) is 29.6 Å². The van der Waals surface area contributed by atoms with Crippen LogP contribution in [-0.2, 0) is 24.0 Å². The Morgan fingerprint density at radius 3 is 2.45 bits per heavy atom. The lowest BCUT2D eigenvalue weighted by molar-refractivity contribution is -0.143. The van der Waals surface area contributed by atoms with Gasteiger partial charge >= 0.3 is 5.97 Å². The molecule has 0 aromatic carbocycles. The summed E-state index contributed by atoms with van der Waals surface area (Å²) < 4.78 is 0. The van der Waals surface area contributed by atoms with Crippen LogP contribution in [-0.4, -0.2) is 63.9 Å². The maximum absolute atomic E-state index is 12.8. The van der Waals surface area contributed by atoms with Crippen molar-refractivity contribution in [3.05, 3.63) is 11.6 Å². The van der Waals surface area contributed by atoms with Crippen molar-refractivity contribution in [1.82, 2.24) is 10.6 Å². The molecule has 0 bridgehead atoms. The summed E-state index contributed by atoms with van der Waals surface area (Å²) in [5.74, 6) is 0.706. The van der Waals surface area contributed by atoms with Crippen LogP contribution in [0.5, 0.6) is 0 Å². The number of fused-ring (bicyclic) bond motifs is 5. The quantitative estimate of drug-likeness (QED) is 0.176. The number of allylic oxidation sites excluding steroid dienone is 2. The van der Waals surface area contributed by atoms with Gasteiger partial charge < -0.3 is 31.4 Å². The first-order chi connectivity index (χ1) is 20.6.